The first-order valence-electron chi connectivity index (χ1n) is 6.63. The number of ether oxygens (including phenoxy) is 1. The Morgan fingerprint density at radius 2 is 1.90 bits per heavy atom. The minimum atomic E-state index is -0.842. The van der Waals surface area contributed by atoms with Crippen molar-refractivity contribution >= 4 is 11.9 Å². The molecule has 2 atom stereocenters. The van der Waals surface area contributed by atoms with E-state index in [1.54, 1.807) is 24.3 Å². The smallest absolute Gasteiger partial charge is 0.337 e. The molecule has 0 saturated carbocycles. The maximum Gasteiger partial charge on any atom is 0.337 e. The Balaban J connectivity index is 2.64. The predicted octanol–water partition coefficient (Wildman–Crippen LogP) is 2.06. The lowest BCUT2D eigenvalue weighted by atomic mass is 9.99. The van der Waals surface area contributed by atoms with Crippen LogP contribution in [0.3, 0.4) is 0 Å². The van der Waals surface area contributed by atoms with Crippen molar-refractivity contribution in [2.75, 3.05) is 7.11 Å². The molecular formula is C15H21NO4. The fourth-order valence-corrected chi connectivity index (χ4v) is 1.87. The number of rotatable bonds is 7. The van der Waals surface area contributed by atoms with Crippen LogP contribution in [-0.2, 0) is 16.1 Å². The van der Waals surface area contributed by atoms with Crippen LogP contribution >= 0.6 is 0 Å². The normalized spacial score (nSPS) is 13.6. The van der Waals surface area contributed by atoms with Crippen LogP contribution in [0.15, 0.2) is 24.3 Å². The van der Waals surface area contributed by atoms with E-state index in [0.29, 0.717) is 12.1 Å². The molecule has 0 aliphatic carbocycles. The summed E-state index contributed by atoms with van der Waals surface area (Å²) in [6.45, 7) is 4.32. The first kappa shape index (κ1) is 16.2. The van der Waals surface area contributed by atoms with Crippen molar-refractivity contribution in [1.29, 1.82) is 0 Å². The van der Waals surface area contributed by atoms with Crippen LogP contribution in [0.2, 0.25) is 0 Å². The van der Waals surface area contributed by atoms with Gasteiger partial charge in [-0.25, -0.2) is 4.79 Å². The van der Waals surface area contributed by atoms with Gasteiger partial charge in [0.1, 0.15) is 6.04 Å². The third-order valence-electron chi connectivity index (χ3n) is 3.38. The van der Waals surface area contributed by atoms with Gasteiger partial charge in [-0.3, -0.25) is 4.79 Å². The van der Waals surface area contributed by atoms with E-state index in [0.717, 1.165) is 12.0 Å². The first-order chi connectivity index (χ1) is 9.49. The number of hydrogen-bond donors (Lipinski definition) is 2. The van der Waals surface area contributed by atoms with Gasteiger partial charge in [0, 0.05) is 6.54 Å². The minimum Gasteiger partial charge on any atom is -0.480 e. The molecule has 0 saturated heterocycles. The summed E-state index contributed by atoms with van der Waals surface area (Å²) >= 11 is 0. The van der Waals surface area contributed by atoms with Crippen LogP contribution < -0.4 is 5.32 Å². The Morgan fingerprint density at radius 1 is 1.30 bits per heavy atom. The lowest BCUT2D eigenvalue weighted by Crippen LogP contribution is -2.41. The summed E-state index contributed by atoms with van der Waals surface area (Å²) in [5.74, 6) is -1.17. The molecule has 1 aromatic rings. The molecule has 0 heterocycles. The summed E-state index contributed by atoms with van der Waals surface area (Å²) in [5.41, 5.74) is 1.40. The molecule has 0 fully saturated rings. The van der Waals surface area contributed by atoms with Gasteiger partial charge in [-0.05, 0) is 23.6 Å². The third-order valence-corrected chi connectivity index (χ3v) is 3.38. The zero-order chi connectivity index (χ0) is 15.1. The molecule has 0 amide bonds. The molecule has 20 heavy (non-hydrogen) atoms. The molecular weight excluding hydrogens is 258 g/mol. The molecule has 5 heteroatoms. The second-order valence-corrected chi connectivity index (χ2v) is 4.77. The second kappa shape index (κ2) is 7.65. The Morgan fingerprint density at radius 3 is 2.35 bits per heavy atom. The highest BCUT2D eigenvalue weighted by molar-refractivity contribution is 5.89. The van der Waals surface area contributed by atoms with Crippen molar-refractivity contribution in [3.05, 3.63) is 35.4 Å². The van der Waals surface area contributed by atoms with Gasteiger partial charge in [-0.1, -0.05) is 32.4 Å². The first-order valence-corrected chi connectivity index (χ1v) is 6.63. The van der Waals surface area contributed by atoms with Gasteiger partial charge in [-0.15, -0.1) is 0 Å². The quantitative estimate of drug-likeness (QED) is 0.747. The lowest BCUT2D eigenvalue weighted by molar-refractivity contribution is -0.140. The molecule has 0 aromatic heterocycles. The number of carbonyl (C=O) groups excluding carboxylic acids is 1. The second-order valence-electron chi connectivity index (χ2n) is 4.77. The molecule has 110 valence electrons. The van der Waals surface area contributed by atoms with E-state index in [2.05, 4.69) is 10.1 Å². The highest BCUT2D eigenvalue weighted by Crippen LogP contribution is 2.10. The van der Waals surface area contributed by atoms with Crippen LogP contribution in [0, 0.1) is 5.92 Å². The van der Waals surface area contributed by atoms with Gasteiger partial charge in [0.25, 0.3) is 0 Å². The van der Waals surface area contributed by atoms with Crippen LogP contribution in [0.25, 0.3) is 0 Å². The molecule has 0 spiro atoms. The summed E-state index contributed by atoms with van der Waals surface area (Å²) in [6, 6.07) is 6.34. The standard InChI is InChI=1S/C15H21NO4/c1-4-10(2)13(14(17)18)16-9-11-5-7-12(8-6-11)15(19)20-3/h5-8,10,13,16H,4,9H2,1-3H3,(H,17,18). The summed E-state index contributed by atoms with van der Waals surface area (Å²) in [5, 5.41) is 12.2. The van der Waals surface area contributed by atoms with Gasteiger partial charge in [-0.2, -0.15) is 0 Å². The van der Waals surface area contributed by atoms with Crippen molar-refractivity contribution in [3.63, 3.8) is 0 Å². The lowest BCUT2D eigenvalue weighted by Gasteiger charge is -2.20. The fraction of sp³-hybridized carbons (Fsp3) is 0.467. The maximum absolute atomic E-state index is 11.3. The van der Waals surface area contributed by atoms with E-state index >= 15 is 0 Å². The number of carboxylic acid groups (broad SMARTS) is 1. The summed E-state index contributed by atoms with van der Waals surface area (Å²) in [7, 11) is 1.33. The maximum atomic E-state index is 11.3. The van der Waals surface area contributed by atoms with Crippen LogP contribution in [0.5, 0.6) is 0 Å². The average Bonchev–Trinajstić information content (AvgIpc) is 2.46. The molecule has 1 rings (SSSR count). The van der Waals surface area contributed by atoms with E-state index < -0.39 is 12.0 Å². The minimum absolute atomic E-state index is 0.0573. The average molecular weight is 279 g/mol. The van der Waals surface area contributed by atoms with E-state index in [1.165, 1.54) is 7.11 Å². The topological polar surface area (TPSA) is 75.6 Å². The Hall–Kier alpha value is -1.88. The number of methoxy groups -OCH3 is 1. The Kier molecular flexibility index (Phi) is 6.18. The highest BCUT2D eigenvalue weighted by atomic mass is 16.5. The molecule has 0 aliphatic rings. The number of hydrogen-bond acceptors (Lipinski definition) is 4. The molecule has 0 aliphatic heterocycles. The van der Waals surface area contributed by atoms with Crippen molar-refractivity contribution in [3.8, 4) is 0 Å². The van der Waals surface area contributed by atoms with E-state index in [-0.39, 0.29) is 11.9 Å². The number of aliphatic carboxylic acids is 1. The number of carboxylic acids is 1. The third kappa shape index (κ3) is 4.35. The Labute approximate surface area is 118 Å². The molecule has 1 aromatic carbocycles. The zero-order valence-corrected chi connectivity index (χ0v) is 12.1. The molecule has 5 nitrogen and oxygen atoms in total. The number of esters is 1. The van der Waals surface area contributed by atoms with Gasteiger partial charge in [0.05, 0.1) is 12.7 Å². The molecule has 0 radical (unpaired) electrons. The summed E-state index contributed by atoms with van der Waals surface area (Å²) in [6.07, 6.45) is 0.797. The molecule has 2 unspecified atom stereocenters. The van der Waals surface area contributed by atoms with E-state index in [1.807, 2.05) is 13.8 Å². The van der Waals surface area contributed by atoms with Crippen LogP contribution in [-0.4, -0.2) is 30.2 Å². The monoisotopic (exact) mass is 279 g/mol. The summed E-state index contributed by atoms with van der Waals surface area (Å²) in [4.78, 5) is 22.5. The van der Waals surface area contributed by atoms with Crippen molar-refractivity contribution in [2.45, 2.75) is 32.9 Å². The van der Waals surface area contributed by atoms with Crippen LogP contribution in [0.4, 0.5) is 0 Å². The summed E-state index contributed by atoms with van der Waals surface area (Å²) < 4.78 is 4.62. The zero-order valence-electron chi connectivity index (χ0n) is 12.1. The Bertz CT molecular complexity index is 455. The van der Waals surface area contributed by atoms with E-state index in [4.69, 9.17) is 0 Å². The van der Waals surface area contributed by atoms with Crippen molar-refractivity contribution in [1.82, 2.24) is 5.32 Å². The number of nitrogens with one attached hydrogen (secondary N) is 1. The van der Waals surface area contributed by atoms with Crippen molar-refractivity contribution in [2.24, 2.45) is 5.92 Å². The molecule has 2 N–H and O–H groups in total. The van der Waals surface area contributed by atoms with Gasteiger partial charge < -0.3 is 15.2 Å². The molecule has 0 bridgehead atoms. The van der Waals surface area contributed by atoms with Crippen LogP contribution in [0.1, 0.15) is 36.2 Å². The van der Waals surface area contributed by atoms with E-state index in [9.17, 15) is 14.7 Å². The fourth-order valence-electron chi connectivity index (χ4n) is 1.87. The predicted molar refractivity (Wildman–Crippen MR) is 75.5 cm³/mol. The SMILES string of the molecule is CCC(C)C(NCc1ccc(C(=O)OC)cc1)C(=O)O. The highest BCUT2D eigenvalue weighted by Gasteiger charge is 2.22. The number of benzene rings is 1. The van der Waals surface area contributed by atoms with Crippen molar-refractivity contribution < 1.29 is 19.4 Å². The van der Waals surface area contributed by atoms with Gasteiger partial charge in [0.2, 0.25) is 0 Å². The largest absolute Gasteiger partial charge is 0.480 e. The number of carbonyl (C=O) groups is 2. The van der Waals surface area contributed by atoms with Gasteiger partial charge >= 0.3 is 11.9 Å². The van der Waals surface area contributed by atoms with Gasteiger partial charge in [0.15, 0.2) is 0 Å².